The molecule has 0 aromatic rings. The minimum Gasteiger partial charge on any atom is -0.471 e. The van der Waals surface area contributed by atoms with Crippen LogP contribution >= 0.6 is 0 Å². The molecule has 0 saturated carbocycles. The second-order valence-corrected chi connectivity index (χ2v) is 6.71. The lowest BCUT2D eigenvalue weighted by Crippen LogP contribution is -2.60. The predicted octanol–water partition coefficient (Wildman–Crippen LogP) is -2.23. The number of carbonyl (C=O) groups is 1. The summed E-state index contributed by atoms with van der Waals surface area (Å²) in [5.41, 5.74) is 0.903. The highest BCUT2D eigenvalue weighted by atomic mass is 16.8. The van der Waals surface area contributed by atoms with Crippen LogP contribution in [0.4, 0.5) is 0 Å². The third-order valence-corrected chi connectivity index (χ3v) is 5.24. The number of aliphatic hydroxyl groups excluding tert-OH is 5. The van der Waals surface area contributed by atoms with E-state index < -0.39 is 55.5 Å². The van der Waals surface area contributed by atoms with Crippen molar-refractivity contribution >= 4 is 5.97 Å². The van der Waals surface area contributed by atoms with Gasteiger partial charge in [0, 0.05) is 5.92 Å². The molecule has 0 aromatic heterocycles. The quantitative estimate of drug-likeness (QED) is 0.258. The molecule has 152 valence electrons. The molecule has 0 spiro atoms. The number of aliphatic hydroxyl groups is 5. The SMILES string of the molecule is COC(=O)C1=COC(O[C@H]2OC(CO)[C@@H](O)[C@H](O)C2O)C2C(CO)=CCC12. The second kappa shape index (κ2) is 8.23. The molecule has 1 aliphatic carbocycles. The Hall–Kier alpha value is -1.53. The fourth-order valence-corrected chi connectivity index (χ4v) is 3.73. The zero-order valence-electron chi connectivity index (χ0n) is 14.7. The van der Waals surface area contributed by atoms with Crippen molar-refractivity contribution in [2.45, 2.75) is 43.4 Å². The van der Waals surface area contributed by atoms with E-state index in [9.17, 15) is 30.3 Å². The number of hydrogen-bond donors (Lipinski definition) is 5. The molecular weight excluding hydrogens is 364 g/mol. The molecule has 10 heteroatoms. The molecule has 0 radical (unpaired) electrons. The maximum Gasteiger partial charge on any atom is 0.337 e. The van der Waals surface area contributed by atoms with Gasteiger partial charge in [-0.15, -0.1) is 0 Å². The van der Waals surface area contributed by atoms with Crippen LogP contribution in [0, 0.1) is 11.8 Å². The van der Waals surface area contributed by atoms with Gasteiger partial charge in [0.1, 0.15) is 24.4 Å². The summed E-state index contributed by atoms with van der Waals surface area (Å²) in [6.07, 6.45) is -4.73. The number of rotatable bonds is 5. The molecule has 0 amide bonds. The maximum atomic E-state index is 12.0. The number of esters is 1. The van der Waals surface area contributed by atoms with Crippen molar-refractivity contribution in [1.29, 1.82) is 0 Å². The Morgan fingerprint density at radius 1 is 1.19 bits per heavy atom. The van der Waals surface area contributed by atoms with Crippen LogP contribution in [0.5, 0.6) is 0 Å². The fourth-order valence-electron chi connectivity index (χ4n) is 3.73. The van der Waals surface area contributed by atoms with Gasteiger partial charge < -0.3 is 44.5 Å². The molecule has 10 nitrogen and oxygen atoms in total. The average molecular weight is 388 g/mol. The molecule has 0 aromatic carbocycles. The minimum atomic E-state index is -1.59. The van der Waals surface area contributed by atoms with Crippen LogP contribution in [0.25, 0.3) is 0 Å². The molecule has 8 atom stereocenters. The van der Waals surface area contributed by atoms with Crippen LogP contribution in [-0.2, 0) is 23.7 Å². The molecule has 2 aliphatic heterocycles. The molecule has 1 saturated heterocycles. The van der Waals surface area contributed by atoms with Crippen molar-refractivity contribution < 1.29 is 49.3 Å². The third-order valence-electron chi connectivity index (χ3n) is 5.24. The van der Waals surface area contributed by atoms with Crippen LogP contribution in [0.2, 0.25) is 0 Å². The largest absolute Gasteiger partial charge is 0.471 e. The predicted molar refractivity (Wildman–Crippen MR) is 86.6 cm³/mol. The number of methoxy groups -OCH3 is 1. The van der Waals surface area contributed by atoms with Crippen molar-refractivity contribution in [2.75, 3.05) is 20.3 Å². The van der Waals surface area contributed by atoms with Gasteiger partial charge in [-0.25, -0.2) is 4.79 Å². The van der Waals surface area contributed by atoms with Gasteiger partial charge in [-0.2, -0.15) is 0 Å². The number of hydrogen-bond acceptors (Lipinski definition) is 10. The molecule has 5 unspecified atom stereocenters. The number of ether oxygens (including phenoxy) is 4. The summed E-state index contributed by atoms with van der Waals surface area (Å²) < 4.78 is 21.3. The highest BCUT2D eigenvalue weighted by Crippen LogP contribution is 2.44. The molecule has 5 N–H and O–H groups in total. The summed E-state index contributed by atoms with van der Waals surface area (Å²) in [5, 5.41) is 48.8. The first-order valence-electron chi connectivity index (χ1n) is 8.62. The van der Waals surface area contributed by atoms with E-state index in [1.54, 1.807) is 6.08 Å². The van der Waals surface area contributed by atoms with Gasteiger partial charge >= 0.3 is 5.97 Å². The Morgan fingerprint density at radius 2 is 1.93 bits per heavy atom. The van der Waals surface area contributed by atoms with E-state index in [4.69, 9.17) is 18.9 Å². The molecule has 2 heterocycles. The summed E-state index contributed by atoms with van der Waals surface area (Å²) in [4.78, 5) is 12.0. The Balaban J connectivity index is 1.80. The van der Waals surface area contributed by atoms with E-state index >= 15 is 0 Å². The van der Waals surface area contributed by atoms with E-state index in [-0.39, 0.29) is 12.5 Å². The first-order valence-corrected chi connectivity index (χ1v) is 8.62. The van der Waals surface area contributed by atoms with Gasteiger partial charge in [-0.3, -0.25) is 0 Å². The van der Waals surface area contributed by atoms with Crippen LogP contribution in [0.1, 0.15) is 6.42 Å². The van der Waals surface area contributed by atoms with Gasteiger partial charge in [0.25, 0.3) is 0 Å². The smallest absolute Gasteiger partial charge is 0.337 e. The summed E-state index contributed by atoms with van der Waals surface area (Å²) in [6, 6.07) is 0. The molecule has 0 bridgehead atoms. The van der Waals surface area contributed by atoms with Gasteiger partial charge in [-0.05, 0) is 12.0 Å². The molecule has 27 heavy (non-hydrogen) atoms. The van der Waals surface area contributed by atoms with E-state index in [0.717, 1.165) is 0 Å². The summed E-state index contributed by atoms with van der Waals surface area (Å²) in [7, 11) is 1.25. The van der Waals surface area contributed by atoms with Crippen LogP contribution in [-0.4, -0.2) is 88.8 Å². The number of allylic oxidation sites excluding steroid dienone is 1. The van der Waals surface area contributed by atoms with E-state index in [1.807, 2.05) is 0 Å². The van der Waals surface area contributed by atoms with Gasteiger partial charge in [-0.1, -0.05) is 6.08 Å². The third kappa shape index (κ3) is 3.61. The fraction of sp³-hybridized carbons (Fsp3) is 0.706. The molecule has 1 fully saturated rings. The van der Waals surface area contributed by atoms with Gasteiger partial charge in [0.2, 0.25) is 6.29 Å². The average Bonchev–Trinajstić information content (AvgIpc) is 3.12. The van der Waals surface area contributed by atoms with Crippen LogP contribution in [0.3, 0.4) is 0 Å². The summed E-state index contributed by atoms with van der Waals surface area (Å²) in [6.45, 7) is -0.857. The van der Waals surface area contributed by atoms with Crippen molar-refractivity contribution in [3.8, 4) is 0 Å². The van der Waals surface area contributed by atoms with Crippen molar-refractivity contribution in [1.82, 2.24) is 0 Å². The minimum absolute atomic E-state index is 0.270. The zero-order chi connectivity index (χ0) is 19.7. The number of carbonyl (C=O) groups excluding carboxylic acids is 1. The Labute approximate surface area is 155 Å². The molecular formula is C17H24O10. The normalized spacial score (nSPS) is 41.3. The van der Waals surface area contributed by atoms with Gasteiger partial charge in [0.05, 0.1) is 38.1 Å². The Morgan fingerprint density at radius 3 is 2.56 bits per heavy atom. The lowest BCUT2D eigenvalue weighted by molar-refractivity contribution is -0.339. The highest BCUT2D eigenvalue weighted by molar-refractivity contribution is 5.89. The Kier molecular flexibility index (Phi) is 6.16. The monoisotopic (exact) mass is 388 g/mol. The molecule has 3 aliphatic rings. The lowest BCUT2D eigenvalue weighted by atomic mass is 9.83. The number of fused-ring (bicyclic) bond motifs is 1. The Bertz CT molecular complexity index is 615. The second-order valence-electron chi connectivity index (χ2n) is 6.71. The molecule has 3 rings (SSSR count). The first-order chi connectivity index (χ1) is 12.9. The lowest BCUT2D eigenvalue weighted by Gasteiger charge is -2.42. The first kappa shape index (κ1) is 20.2. The van der Waals surface area contributed by atoms with Crippen molar-refractivity contribution in [2.24, 2.45) is 11.8 Å². The van der Waals surface area contributed by atoms with Gasteiger partial charge in [0.15, 0.2) is 6.29 Å². The summed E-state index contributed by atoms with van der Waals surface area (Å²) >= 11 is 0. The highest BCUT2D eigenvalue weighted by Gasteiger charge is 2.49. The summed E-state index contributed by atoms with van der Waals surface area (Å²) in [5.74, 6) is -1.42. The van der Waals surface area contributed by atoms with Crippen molar-refractivity contribution in [3.05, 3.63) is 23.5 Å². The topological polar surface area (TPSA) is 155 Å². The maximum absolute atomic E-state index is 12.0. The van der Waals surface area contributed by atoms with E-state index in [1.165, 1.54) is 13.4 Å². The van der Waals surface area contributed by atoms with E-state index in [0.29, 0.717) is 17.6 Å². The van der Waals surface area contributed by atoms with Crippen LogP contribution in [0.15, 0.2) is 23.5 Å². The van der Waals surface area contributed by atoms with E-state index in [2.05, 4.69) is 0 Å². The standard InChI is InChI=1S/C17H24O10/c1-24-15(23)9-6-25-16(11-7(4-18)2-3-8(9)11)27-17-14(22)13(21)12(20)10(5-19)26-17/h2,6,8,10-14,16-22H,3-5H2,1H3/t8?,10?,11?,12-,13+,14?,16?,17-/m1/s1. The zero-order valence-corrected chi connectivity index (χ0v) is 14.7. The van der Waals surface area contributed by atoms with Crippen molar-refractivity contribution in [3.63, 3.8) is 0 Å². The van der Waals surface area contributed by atoms with Crippen LogP contribution < -0.4 is 0 Å².